The van der Waals surface area contributed by atoms with Gasteiger partial charge in [0.2, 0.25) is 0 Å². The van der Waals surface area contributed by atoms with Gasteiger partial charge in [0.15, 0.2) is 0 Å². The molecule has 0 fully saturated rings. The van der Waals surface area contributed by atoms with E-state index >= 15 is 0 Å². The van der Waals surface area contributed by atoms with Gasteiger partial charge in [-0.1, -0.05) is 135 Å². The zero-order chi connectivity index (χ0) is 31.7. The van der Waals surface area contributed by atoms with Crippen molar-refractivity contribution in [3.8, 4) is 46.6 Å². The van der Waals surface area contributed by atoms with Crippen LogP contribution in [0, 0.1) is 46.6 Å². The summed E-state index contributed by atoms with van der Waals surface area (Å²) in [5.74, 6) is 20.5. The molecule has 0 saturated carbocycles. The second-order valence-electron chi connectivity index (χ2n) is 12.8. The number of unbranched alkanes of at least 4 members (excludes halogenated alkanes) is 2. The number of hydrogen-bond donors (Lipinski definition) is 0. The molecule has 2 nitrogen and oxygen atoms in total. The van der Waals surface area contributed by atoms with Crippen molar-refractivity contribution in [2.75, 3.05) is 13.2 Å². The Kier molecular flexibility index (Phi) is 14.3. The van der Waals surface area contributed by atoms with Gasteiger partial charge in [0, 0.05) is 48.3 Å². The van der Waals surface area contributed by atoms with Gasteiger partial charge in [0.05, 0.1) is 13.2 Å². The van der Waals surface area contributed by atoms with Crippen LogP contribution < -0.4 is 0 Å². The first-order chi connectivity index (χ1) is 21.1. The zero-order valence-corrected chi connectivity index (χ0v) is 29.4. The lowest BCUT2D eigenvalue weighted by Gasteiger charge is -2.08. The molecule has 44 heavy (non-hydrogen) atoms. The number of benzene rings is 3. The normalized spacial score (nSPS) is 10.7. The molecule has 0 aliphatic carbocycles. The number of rotatable bonds is 10. The molecule has 0 heterocycles. The van der Waals surface area contributed by atoms with E-state index in [0.717, 1.165) is 47.9 Å². The van der Waals surface area contributed by atoms with Gasteiger partial charge in [-0.3, -0.25) is 0 Å². The highest BCUT2D eigenvalue weighted by atomic mass is 28.3. The maximum Gasteiger partial charge on any atom is 0.129 e. The number of ether oxygens (including phenoxy) is 2. The Morgan fingerprint density at radius 3 is 1.23 bits per heavy atom. The van der Waals surface area contributed by atoms with E-state index in [-0.39, 0.29) is 0 Å². The monoisotopic (exact) mass is 614 g/mol. The van der Waals surface area contributed by atoms with E-state index in [2.05, 4.69) is 122 Å². The van der Waals surface area contributed by atoms with Gasteiger partial charge in [-0.25, -0.2) is 0 Å². The molecule has 0 bridgehead atoms. The second kappa shape index (κ2) is 18.2. The van der Waals surface area contributed by atoms with Gasteiger partial charge >= 0.3 is 0 Å². The lowest BCUT2D eigenvalue weighted by molar-refractivity contribution is 0.119. The Bertz CT molecular complexity index is 1460. The van der Waals surface area contributed by atoms with Crippen LogP contribution in [0.5, 0.6) is 0 Å². The van der Waals surface area contributed by atoms with Crippen LogP contribution in [0.3, 0.4) is 0 Å². The molecule has 0 atom stereocenters. The van der Waals surface area contributed by atoms with E-state index in [0.29, 0.717) is 26.4 Å². The Hall–Kier alpha value is -3.75. The SMILES string of the molecule is C[Si](C)(C)C#Cc1cc(C#CCCCOCc2ccccc2)c(C#CCCCOCc2ccccc2)cc1C#C[Si](C)(C)C. The quantitative estimate of drug-likeness (QED) is 0.129. The van der Waals surface area contributed by atoms with Crippen LogP contribution in [0.25, 0.3) is 0 Å². The van der Waals surface area contributed by atoms with Crippen LogP contribution in [-0.2, 0) is 22.7 Å². The molecule has 0 aromatic heterocycles. The molecule has 3 aromatic carbocycles. The fourth-order valence-electron chi connectivity index (χ4n) is 3.89. The van der Waals surface area contributed by atoms with Crippen LogP contribution >= 0.6 is 0 Å². The fourth-order valence-corrected chi connectivity index (χ4v) is 4.91. The third-order valence-corrected chi connectivity index (χ3v) is 7.90. The van der Waals surface area contributed by atoms with E-state index in [9.17, 15) is 0 Å². The lowest BCUT2D eigenvalue weighted by Crippen LogP contribution is -2.17. The zero-order valence-electron chi connectivity index (χ0n) is 27.4. The van der Waals surface area contributed by atoms with Crippen LogP contribution in [0.15, 0.2) is 72.8 Å². The summed E-state index contributed by atoms with van der Waals surface area (Å²) < 4.78 is 11.7. The van der Waals surface area contributed by atoms with Crippen molar-refractivity contribution in [1.29, 1.82) is 0 Å². The van der Waals surface area contributed by atoms with Crippen LogP contribution in [0.4, 0.5) is 0 Å². The first-order valence-corrected chi connectivity index (χ1v) is 22.5. The molecule has 0 radical (unpaired) electrons. The standard InChI is InChI=1S/C40H46O2Si2/c1-43(2,3)29-25-39-31-37(23-15-9-17-27-41-33-35-19-11-7-12-20-35)38(32-40(39)26-30-44(4,5)6)24-16-10-18-28-42-34-36-21-13-8-14-22-36/h7-8,11-14,19-22,31-32H,9-10,17-18,27-28,33-34H2,1-6H3. The first-order valence-electron chi connectivity index (χ1n) is 15.5. The Morgan fingerprint density at radius 2 is 0.864 bits per heavy atom. The predicted molar refractivity (Wildman–Crippen MR) is 191 cm³/mol. The molecule has 226 valence electrons. The van der Waals surface area contributed by atoms with Crippen molar-refractivity contribution < 1.29 is 9.47 Å². The highest BCUT2D eigenvalue weighted by Crippen LogP contribution is 2.17. The van der Waals surface area contributed by atoms with E-state index in [1.54, 1.807) is 0 Å². The minimum Gasteiger partial charge on any atom is -0.377 e. The van der Waals surface area contributed by atoms with E-state index < -0.39 is 16.1 Å². The summed E-state index contributed by atoms with van der Waals surface area (Å²) in [7, 11) is -3.14. The van der Waals surface area contributed by atoms with Crippen LogP contribution in [-0.4, -0.2) is 29.4 Å². The topological polar surface area (TPSA) is 18.5 Å². The van der Waals surface area contributed by atoms with Gasteiger partial charge < -0.3 is 9.47 Å². The fraction of sp³-hybridized carbons (Fsp3) is 0.350. The summed E-state index contributed by atoms with van der Waals surface area (Å²) in [6.07, 6.45) is 3.28. The van der Waals surface area contributed by atoms with Gasteiger partial charge in [0.25, 0.3) is 0 Å². The van der Waals surface area contributed by atoms with Crippen molar-refractivity contribution >= 4 is 16.1 Å². The smallest absolute Gasteiger partial charge is 0.129 e. The average Bonchev–Trinajstić information content (AvgIpc) is 2.99. The molecule has 0 saturated heterocycles. The van der Waals surface area contributed by atoms with Gasteiger partial charge in [0.1, 0.15) is 16.1 Å². The van der Waals surface area contributed by atoms with Crippen molar-refractivity contribution in [3.63, 3.8) is 0 Å². The summed E-state index contributed by atoms with van der Waals surface area (Å²) in [5, 5.41) is 0. The molecule has 0 N–H and O–H groups in total. The molecule has 0 unspecified atom stereocenters. The molecule has 3 aromatic rings. The van der Waals surface area contributed by atoms with Gasteiger partial charge in [-0.15, -0.1) is 11.1 Å². The Balaban J connectivity index is 1.75. The Morgan fingerprint density at radius 1 is 0.500 bits per heavy atom. The van der Waals surface area contributed by atoms with E-state index in [4.69, 9.17) is 9.47 Å². The molecule has 4 heteroatoms. The highest BCUT2D eigenvalue weighted by molar-refractivity contribution is 6.84. The summed E-state index contributed by atoms with van der Waals surface area (Å²) >= 11 is 0. The number of hydrogen-bond acceptors (Lipinski definition) is 2. The lowest BCUT2D eigenvalue weighted by atomic mass is 9.99. The summed E-state index contributed by atoms with van der Waals surface area (Å²) in [6, 6.07) is 24.7. The minimum atomic E-state index is -1.57. The van der Waals surface area contributed by atoms with Crippen molar-refractivity contribution in [2.45, 2.75) is 78.2 Å². The molecule has 0 spiro atoms. The summed E-state index contributed by atoms with van der Waals surface area (Å²) in [6.45, 7) is 16.2. The van der Waals surface area contributed by atoms with Gasteiger partial charge in [-0.05, 0) is 36.1 Å². The van der Waals surface area contributed by atoms with Crippen molar-refractivity contribution in [3.05, 3.63) is 106 Å². The third-order valence-electron chi connectivity index (χ3n) is 6.15. The third kappa shape index (κ3) is 14.6. The maximum atomic E-state index is 5.84. The Labute approximate surface area is 269 Å². The van der Waals surface area contributed by atoms with Crippen molar-refractivity contribution in [2.24, 2.45) is 0 Å². The first kappa shape index (κ1) is 34.7. The highest BCUT2D eigenvalue weighted by Gasteiger charge is 2.11. The van der Waals surface area contributed by atoms with E-state index in [1.807, 2.05) is 36.4 Å². The van der Waals surface area contributed by atoms with E-state index in [1.165, 1.54) is 11.1 Å². The summed E-state index contributed by atoms with van der Waals surface area (Å²) in [5.41, 5.74) is 13.2. The molecule has 3 rings (SSSR count). The predicted octanol–water partition coefficient (Wildman–Crippen LogP) is 8.84. The molecule has 0 aliphatic rings. The van der Waals surface area contributed by atoms with Crippen LogP contribution in [0.1, 0.15) is 59.1 Å². The van der Waals surface area contributed by atoms with Crippen LogP contribution in [0.2, 0.25) is 39.3 Å². The average molecular weight is 615 g/mol. The van der Waals surface area contributed by atoms with Crippen molar-refractivity contribution in [1.82, 2.24) is 0 Å². The van der Waals surface area contributed by atoms with Gasteiger partial charge in [-0.2, -0.15) is 0 Å². The summed E-state index contributed by atoms with van der Waals surface area (Å²) in [4.78, 5) is 0. The largest absolute Gasteiger partial charge is 0.377 e. The molecular formula is C40H46O2Si2. The molecule has 0 amide bonds. The molecular weight excluding hydrogens is 569 g/mol. The maximum absolute atomic E-state index is 5.84. The second-order valence-corrected chi connectivity index (χ2v) is 22.3. The molecule has 0 aliphatic heterocycles. The minimum absolute atomic E-state index is 0.629.